The SMILES string of the molecule is CCC(=O)c1cccc(C(C)C2CC2)c1O. The van der Waals surface area contributed by atoms with E-state index < -0.39 is 0 Å². The summed E-state index contributed by atoms with van der Waals surface area (Å²) in [5.74, 6) is 1.28. The lowest BCUT2D eigenvalue weighted by atomic mass is 9.92. The third kappa shape index (κ3) is 1.97. The highest BCUT2D eigenvalue weighted by atomic mass is 16.3. The van der Waals surface area contributed by atoms with E-state index in [0.29, 0.717) is 23.8 Å². The molecule has 2 nitrogen and oxygen atoms in total. The first-order valence-corrected chi connectivity index (χ1v) is 6.00. The normalized spacial score (nSPS) is 17.1. The van der Waals surface area contributed by atoms with Crippen LogP contribution < -0.4 is 0 Å². The van der Waals surface area contributed by atoms with Crippen LogP contribution in [0.5, 0.6) is 5.75 Å². The second-order valence-corrected chi connectivity index (χ2v) is 4.65. The number of carbonyl (C=O) groups excluding carboxylic acids is 1. The zero-order valence-electron chi connectivity index (χ0n) is 9.86. The van der Waals surface area contributed by atoms with E-state index in [1.807, 2.05) is 19.1 Å². The van der Waals surface area contributed by atoms with Gasteiger partial charge in [-0.25, -0.2) is 0 Å². The first-order valence-electron chi connectivity index (χ1n) is 6.00. The minimum Gasteiger partial charge on any atom is -0.507 e. The Morgan fingerprint density at radius 1 is 1.50 bits per heavy atom. The molecule has 0 bridgehead atoms. The van der Waals surface area contributed by atoms with Gasteiger partial charge in [-0.2, -0.15) is 0 Å². The van der Waals surface area contributed by atoms with E-state index in [4.69, 9.17) is 0 Å². The second kappa shape index (κ2) is 4.28. The predicted octanol–water partition coefficient (Wildman–Crippen LogP) is 3.50. The molecule has 1 N–H and O–H groups in total. The summed E-state index contributed by atoms with van der Waals surface area (Å²) >= 11 is 0. The molecule has 0 radical (unpaired) electrons. The second-order valence-electron chi connectivity index (χ2n) is 4.65. The standard InChI is InChI=1S/C14H18O2/c1-3-13(15)12-6-4-5-11(14(12)16)9(2)10-7-8-10/h4-6,9-10,16H,3,7-8H2,1-2H3. The van der Waals surface area contributed by atoms with Gasteiger partial charge in [0.05, 0.1) is 5.56 Å². The number of rotatable bonds is 4. The van der Waals surface area contributed by atoms with Crippen LogP contribution in [0, 0.1) is 5.92 Å². The number of aromatic hydroxyl groups is 1. The van der Waals surface area contributed by atoms with Gasteiger partial charge in [0.25, 0.3) is 0 Å². The van der Waals surface area contributed by atoms with Gasteiger partial charge >= 0.3 is 0 Å². The van der Waals surface area contributed by atoms with Crippen LogP contribution >= 0.6 is 0 Å². The van der Waals surface area contributed by atoms with Crippen molar-refractivity contribution in [3.8, 4) is 5.75 Å². The Morgan fingerprint density at radius 3 is 2.75 bits per heavy atom. The van der Waals surface area contributed by atoms with Crippen LogP contribution in [-0.2, 0) is 0 Å². The molecule has 0 heterocycles. The van der Waals surface area contributed by atoms with Crippen molar-refractivity contribution >= 4 is 5.78 Å². The van der Waals surface area contributed by atoms with E-state index in [0.717, 1.165) is 5.56 Å². The Morgan fingerprint density at radius 2 is 2.19 bits per heavy atom. The van der Waals surface area contributed by atoms with Crippen LogP contribution in [0.3, 0.4) is 0 Å². The minimum absolute atomic E-state index is 0.0161. The van der Waals surface area contributed by atoms with Gasteiger partial charge in [0.15, 0.2) is 5.78 Å². The fourth-order valence-electron chi connectivity index (χ4n) is 2.19. The maximum absolute atomic E-state index is 11.6. The first kappa shape index (κ1) is 11.2. The van der Waals surface area contributed by atoms with Crippen molar-refractivity contribution in [1.29, 1.82) is 0 Å². The summed E-state index contributed by atoms with van der Waals surface area (Å²) in [6.45, 7) is 3.95. The van der Waals surface area contributed by atoms with Crippen molar-refractivity contribution in [3.05, 3.63) is 29.3 Å². The molecule has 0 spiro atoms. The van der Waals surface area contributed by atoms with Crippen LogP contribution in [0.25, 0.3) is 0 Å². The lowest BCUT2D eigenvalue weighted by Gasteiger charge is -2.14. The predicted molar refractivity (Wildman–Crippen MR) is 63.9 cm³/mol. The van der Waals surface area contributed by atoms with Gasteiger partial charge < -0.3 is 5.11 Å². The highest BCUT2D eigenvalue weighted by molar-refractivity contribution is 5.98. The summed E-state index contributed by atoms with van der Waals surface area (Å²) in [5, 5.41) is 10.1. The van der Waals surface area contributed by atoms with Gasteiger partial charge in [0.1, 0.15) is 5.75 Å². The van der Waals surface area contributed by atoms with Crippen molar-refractivity contribution in [2.24, 2.45) is 5.92 Å². The van der Waals surface area contributed by atoms with Crippen molar-refractivity contribution in [2.75, 3.05) is 0 Å². The molecular formula is C14H18O2. The summed E-state index contributed by atoms with van der Waals surface area (Å²) in [4.78, 5) is 11.6. The molecule has 1 saturated carbocycles. The molecule has 1 aromatic rings. The van der Waals surface area contributed by atoms with E-state index in [1.54, 1.807) is 6.07 Å². The summed E-state index contributed by atoms with van der Waals surface area (Å²) < 4.78 is 0. The number of phenolic OH excluding ortho intramolecular Hbond substituents is 1. The van der Waals surface area contributed by atoms with Gasteiger partial charge in [-0.05, 0) is 36.3 Å². The fraction of sp³-hybridized carbons (Fsp3) is 0.500. The average molecular weight is 218 g/mol. The summed E-state index contributed by atoms with van der Waals surface area (Å²) in [6.07, 6.45) is 2.92. The molecule has 1 fully saturated rings. The summed E-state index contributed by atoms with van der Waals surface area (Å²) in [7, 11) is 0. The highest BCUT2D eigenvalue weighted by Gasteiger charge is 2.31. The third-order valence-corrected chi connectivity index (χ3v) is 3.51. The molecule has 0 saturated heterocycles. The molecule has 0 aliphatic heterocycles. The number of hydrogen-bond acceptors (Lipinski definition) is 2. The Hall–Kier alpha value is -1.31. The number of Topliss-reactive ketones (excluding diaryl/α,β-unsaturated/α-hetero) is 1. The minimum atomic E-state index is 0.0161. The van der Waals surface area contributed by atoms with Crippen molar-refractivity contribution in [2.45, 2.75) is 39.0 Å². The third-order valence-electron chi connectivity index (χ3n) is 3.51. The van der Waals surface area contributed by atoms with Crippen molar-refractivity contribution in [3.63, 3.8) is 0 Å². The summed E-state index contributed by atoms with van der Waals surface area (Å²) in [5.41, 5.74) is 1.41. The molecule has 1 aliphatic carbocycles. The number of benzene rings is 1. The molecule has 1 unspecified atom stereocenters. The number of phenols is 1. The molecule has 2 rings (SSSR count). The molecule has 0 amide bonds. The number of hydrogen-bond donors (Lipinski definition) is 1. The molecule has 0 aromatic heterocycles. The Balaban J connectivity index is 2.35. The van der Waals surface area contributed by atoms with Crippen molar-refractivity contribution in [1.82, 2.24) is 0 Å². The maximum Gasteiger partial charge on any atom is 0.166 e. The average Bonchev–Trinajstić information content (AvgIpc) is 3.11. The molecule has 86 valence electrons. The Bertz CT molecular complexity index is 405. The molecule has 2 heteroatoms. The molecule has 1 atom stereocenters. The van der Waals surface area contributed by atoms with E-state index in [9.17, 15) is 9.90 Å². The van der Waals surface area contributed by atoms with Crippen LogP contribution in [0.1, 0.15) is 54.9 Å². The van der Waals surface area contributed by atoms with Crippen molar-refractivity contribution < 1.29 is 9.90 Å². The Labute approximate surface area is 96.3 Å². The molecule has 16 heavy (non-hydrogen) atoms. The molecule has 1 aliphatic rings. The smallest absolute Gasteiger partial charge is 0.166 e. The van der Waals surface area contributed by atoms with E-state index in [-0.39, 0.29) is 11.5 Å². The number of para-hydroxylation sites is 1. The van der Waals surface area contributed by atoms with Crippen LogP contribution in [0.4, 0.5) is 0 Å². The van der Waals surface area contributed by atoms with Crippen LogP contribution in [-0.4, -0.2) is 10.9 Å². The monoisotopic (exact) mass is 218 g/mol. The largest absolute Gasteiger partial charge is 0.507 e. The maximum atomic E-state index is 11.6. The topological polar surface area (TPSA) is 37.3 Å². The van der Waals surface area contributed by atoms with Gasteiger partial charge in [-0.15, -0.1) is 0 Å². The fourth-order valence-corrected chi connectivity index (χ4v) is 2.19. The van der Waals surface area contributed by atoms with E-state index in [2.05, 4.69) is 6.92 Å². The highest BCUT2D eigenvalue weighted by Crippen LogP contribution is 2.45. The number of ketones is 1. The first-order chi connectivity index (χ1) is 7.65. The lowest BCUT2D eigenvalue weighted by Crippen LogP contribution is -2.02. The quantitative estimate of drug-likeness (QED) is 0.785. The lowest BCUT2D eigenvalue weighted by molar-refractivity contribution is 0.0985. The molecule has 1 aromatic carbocycles. The zero-order chi connectivity index (χ0) is 11.7. The molecular weight excluding hydrogens is 200 g/mol. The van der Waals surface area contributed by atoms with Gasteiger partial charge in [-0.3, -0.25) is 4.79 Å². The number of carbonyl (C=O) groups is 1. The zero-order valence-corrected chi connectivity index (χ0v) is 9.86. The Kier molecular flexibility index (Phi) is 2.99. The van der Waals surface area contributed by atoms with E-state index in [1.165, 1.54) is 12.8 Å². The van der Waals surface area contributed by atoms with Gasteiger partial charge in [0.2, 0.25) is 0 Å². The van der Waals surface area contributed by atoms with Gasteiger partial charge in [-0.1, -0.05) is 26.0 Å². The van der Waals surface area contributed by atoms with Crippen LogP contribution in [0.15, 0.2) is 18.2 Å². The van der Waals surface area contributed by atoms with Gasteiger partial charge in [0, 0.05) is 6.42 Å². The summed E-state index contributed by atoms with van der Waals surface area (Å²) in [6, 6.07) is 5.52. The van der Waals surface area contributed by atoms with Crippen LogP contribution in [0.2, 0.25) is 0 Å². The van der Waals surface area contributed by atoms with E-state index >= 15 is 0 Å².